The van der Waals surface area contributed by atoms with E-state index in [1.807, 2.05) is 26.0 Å². The molecule has 0 aliphatic carbocycles. The number of ether oxygens (including phenoxy) is 1. The van der Waals surface area contributed by atoms with Crippen LogP contribution in [0.1, 0.15) is 24.1 Å². The highest BCUT2D eigenvalue weighted by atomic mass is 35.5. The van der Waals surface area contributed by atoms with Gasteiger partial charge in [0.1, 0.15) is 5.75 Å². The Labute approximate surface area is 83.6 Å². The van der Waals surface area contributed by atoms with E-state index in [2.05, 4.69) is 0 Å². The molecule has 2 N–H and O–H groups in total. The maximum atomic E-state index is 5.97. The van der Waals surface area contributed by atoms with Crippen molar-refractivity contribution in [1.82, 2.24) is 0 Å². The first-order chi connectivity index (χ1) is 6.07. The van der Waals surface area contributed by atoms with E-state index in [0.717, 1.165) is 11.1 Å². The summed E-state index contributed by atoms with van der Waals surface area (Å²) in [5, 5.41) is 0.611. The summed E-state index contributed by atoms with van der Waals surface area (Å²) in [6.07, 6.45) is 0. The molecule has 0 heterocycles. The zero-order valence-corrected chi connectivity index (χ0v) is 8.85. The van der Waals surface area contributed by atoms with Crippen molar-refractivity contribution in [3.63, 3.8) is 0 Å². The summed E-state index contributed by atoms with van der Waals surface area (Å²) < 4.78 is 5.21. The summed E-state index contributed by atoms with van der Waals surface area (Å²) in [4.78, 5) is 0. The first kappa shape index (κ1) is 10.4. The highest BCUT2D eigenvalue weighted by molar-refractivity contribution is 6.32. The molecule has 1 aromatic carbocycles. The Morgan fingerprint density at radius 3 is 2.46 bits per heavy atom. The average molecular weight is 200 g/mol. The first-order valence-corrected chi connectivity index (χ1v) is 4.54. The van der Waals surface area contributed by atoms with E-state index >= 15 is 0 Å². The van der Waals surface area contributed by atoms with Crippen LogP contribution in [0.15, 0.2) is 12.1 Å². The SMILES string of the molecule is COc1c(Cl)ccc(C)c1C(C)N. The molecule has 2 nitrogen and oxygen atoms in total. The zero-order valence-electron chi connectivity index (χ0n) is 8.10. The van der Waals surface area contributed by atoms with Crippen molar-refractivity contribution in [1.29, 1.82) is 0 Å². The molecule has 0 fully saturated rings. The number of aryl methyl sites for hydroxylation is 1. The van der Waals surface area contributed by atoms with Gasteiger partial charge in [-0.25, -0.2) is 0 Å². The van der Waals surface area contributed by atoms with Crippen molar-refractivity contribution in [3.05, 3.63) is 28.3 Å². The largest absolute Gasteiger partial charge is 0.495 e. The van der Waals surface area contributed by atoms with Gasteiger partial charge in [-0.3, -0.25) is 0 Å². The van der Waals surface area contributed by atoms with Gasteiger partial charge in [-0.1, -0.05) is 17.7 Å². The third kappa shape index (κ3) is 1.95. The lowest BCUT2D eigenvalue weighted by molar-refractivity contribution is 0.406. The lowest BCUT2D eigenvalue weighted by Crippen LogP contribution is -2.09. The Morgan fingerprint density at radius 1 is 1.46 bits per heavy atom. The maximum Gasteiger partial charge on any atom is 0.142 e. The minimum absolute atomic E-state index is 0.0614. The van der Waals surface area contributed by atoms with Gasteiger partial charge in [0.05, 0.1) is 12.1 Å². The fraction of sp³-hybridized carbons (Fsp3) is 0.400. The number of halogens is 1. The van der Waals surface area contributed by atoms with E-state index in [9.17, 15) is 0 Å². The second-order valence-electron chi connectivity index (χ2n) is 3.10. The molecule has 1 aromatic rings. The van der Waals surface area contributed by atoms with E-state index in [-0.39, 0.29) is 6.04 Å². The number of rotatable bonds is 2. The van der Waals surface area contributed by atoms with Gasteiger partial charge in [0.15, 0.2) is 0 Å². The van der Waals surface area contributed by atoms with Crippen molar-refractivity contribution in [2.75, 3.05) is 7.11 Å². The quantitative estimate of drug-likeness (QED) is 0.795. The van der Waals surface area contributed by atoms with E-state index < -0.39 is 0 Å². The summed E-state index contributed by atoms with van der Waals surface area (Å²) >= 11 is 5.97. The van der Waals surface area contributed by atoms with Crippen molar-refractivity contribution >= 4 is 11.6 Å². The van der Waals surface area contributed by atoms with E-state index in [1.54, 1.807) is 7.11 Å². The Bertz CT molecular complexity index is 310. The summed E-state index contributed by atoms with van der Waals surface area (Å²) in [5.74, 6) is 0.691. The third-order valence-corrected chi connectivity index (χ3v) is 2.32. The molecule has 0 saturated carbocycles. The zero-order chi connectivity index (χ0) is 10.0. The number of methoxy groups -OCH3 is 1. The Balaban J connectivity index is 3.35. The van der Waals surface area contributed by atoms with Gasteiger partial charge in [0.2, 0.25) is 0 Å². The van der Waals surface area contributed by atoms with E-state index in [0.29, 0.717) is 10.8 Å². The van der Waals surface area contributed by atoms with Gasteiger partial charge in [-0.15, -0.1) is 0 Å². The standard InChI is InChI=1S/C10H14ClNO/c1-6-4-5-8(11)10(13-3)9(6)7(2)12/h4-5,7H,12H2,1-3H3. The summed E-state index contributed by atoms with van der Waals surface area (Å²) in [7, 11) is 1.60. The molecular weight excluding hydrogens is 186 g/mol. The molecule has 0 radical (unpaired) electrons. The van der Waals surface area contributed by atoms with Crippen LogP contribution in [0.3, 0.4) is 0 Å². The predicted octanol–water partition coefficient (Wildman–Crippen LogP) is 2.68. The van der Waals surface area contributed by atoms with Crippen LogP contribution in [0, 0.1) is 6.92 Å². The minimum atomic E-state index is -0.0614. The molecule has 0 aliphatic heterocycles. The number of hydrogen-bond donors (Lipinski definition) is 1. The fourth-order valence-corrected chi connectivity index (χ4v) is 1.69. The van der Waals surface area contributed by atoms with Crippen LogP contribution in [0.5, 0.6) is 5.75 Å². The summed E-state index contributed by atoms with van der Waals surface area (Å²) in [6.45, 7) is 3.92. The molecule has 0 aromatic heterocycles. The lowest BCUT2D eigenvalue weighted by Gasteiger charge is -2.15. The molecule has 1 unspecified atom stereocenters. The van der Waals surface area contributed by atoms with Gasteiger partial charge < -0.3 is 10.5 Å². The van der Waals surface area contributed by atoms with Crippen molar-refractivity contribution in [2.45, 2.75) is 19.9 Å². The fourth-order valence-electron chi connectivity index (χ4n) is 1.44. The van der Waals surface area contributed by atoms with E-state index in [1.165, 1.54) is 0 Å². The average Bonchev–Trinajstić information content (AvgIpc) is 2.07. The predicted molar refractivity (Wildman–Crippen MR) is 55.3 cm³/mol. The molecule has 1 atom stereocenters. The highest BCUT2D eigenvalue weighted by Gasteiger charge is 2.13. The monoisotopic (exact) mass is 199 g/mol. The number of benzene rings is 1. The van der Waals surface area contributed by atoms with Gasteiger partial charge in [0, 0.05) is 11.6 Å². The highest BCUT2D eigenvalue weighted by Crippen LogP contribution is 2.33. The molecular formula is C10H14ClNO. The normalized spacial score (nSPS) is 12.7. The molecule has 0 aliphatic rings. The Hall–Kier alpha value is -0.730. The lowest BCUT2D eigenvalue weighted by atomic mass is 10.0. The summed E-state index contributed by atoms with van der Waals surface area (Å²) in [5.41, 5.74) is 7.91. The smallest absolute Gasteiger partial charge is 0.142 e. The van der Waals surface area contributed by atoms with E-state index in [4.69, 9.17) is 22.1 Å². The molecule has 1 rings (SSSR count). The van der Waals surface area contributed by atoms with Gasteiger partial charge >= 0.3 is 0 Å². The van der Waals surface area contributed by atoms with Crippen LogP contribution in [0.4, 0.5) is 0 Å². The number of nitrogens with two attached hydrogens (primary N) is 1. The van der Waals surface area contributed by atoms with Crippen molar-refractivity contribution < 1.29 is 4.74 Å². The van der Waals surface area contributed by atoms with Crippen LogP contribution in [0.2, 0.25) is 5.02 Å². The van der Waals surface area contributed by atoms with Crippen LogP contribution >= 0.6 is 11.6 Å². The molecule has 0 saturated heterocycles. The second-order valence-corrected chi connectivity index (χ2v) is 3.51. The maximum absolute atomic E-state index is 5.97. The Morgan fingerprint density at radius 2 is 2.08 bits per heavy atom. The van der Waals surface area contributed by atoms with Crippen molar-refractivity contribution in [2.24, 2.45) is 5.73 Å². The molecule has 3 heteroatoms. The molecule has 72 valence electrons. The van der Waals surface area contributed by atoms with Crippen LogP contribution in [-0.2, 0) is 0 Å². The number of hydrogen-bond acceptors (Lipinski definition) is 2. The third-order valence-electron chi connectivity index (χ3n) is 2.03. The molecule has 13 heavy (non-hydrogen) atoms. The minimum Gasteiger partial charge on any atom is -0.495 e. The first-order valence-electron chi connectivity index (χ1n) is 4.16. The van der Waals surface area contributed by atoms with Crippen LogP contribution < -0.4 is 10.5 Å². The summed E-state index contributed by atoms with van der Waals surface area (Å²) in [6, 6.07) is 3.71. The van der Waals surface area contributed by atoms with Gasteiger partial charge in [-0.2, -0.15) is 0 Å². The second kappa shape index (κ2) is 3.99. The molecule has 0 amide bonds. The molecule has 0 bridgehead atoms. The van der Waals surface area contributed by atoms with Crippen LogP contribution in [-0.4, -0.2) is 7.11 Å². The Kier molecular flexibility index (Phi) is 3.17. The van der Waals surface area contributed by atoms with Gasteiger partial charge in [0.25, 0.3) is 0 Å². The molecule has 0 spiro atoms. The topological polar surface area (TPSA) is 35.2 Å². The van der Waals surface area contributed by atoms with Gasteiger partial charge in [-0.05, 0) is 25.5 Å². The van der Waals surface area contributed by atoms with Crippen LogP contribution in [0.25, 0.3) is 0 Å². The van der Waals surface area contributed by atoms with Crippen molar-refractivity contribution in [3.8, 4) is 5.75 Å².